The Morgan fingerprint density at radius 3 is 1.06 bits per heavy atom. The van der Waals surface area contributed by atoms with Crippen molar-refractivity contribution in [1.29, 1.82) is 0 Å². The Kier molecular flexibility index (Phi) is 5.04. The third-order valence-electron chi connectivity index (χ3n) is 5.24. The van der Waals surface area contributed by atoms with Crippen molar-refractivity contribution in [2.75, 3.05) is 37.0 Å². The summed E-state index contributed by atoms with van der Waals surface area (Å²) in [6.07, 6.45) is 8.24. The van der Waals surface area contributed by atoms with Gasteiger partial charge in [0.2, 0.25) is 0 Å². The van der Waals surface area contributed by atoms with E-state index in [2.05, 4.69) is 88.9 Å². The molecule has 1 aliphatic rings. The van der Waals surface area contributed by atoms with E-state index < -0.39 is 14.1 Å². The van der Waals surface area contributed by atoms with Crippen LogP contribution in [0.25, 0.3) is 0 Å². The molecule has 0 radical (unpaired) electrons. The average Bonchev–Trinajstić information content (AvgIpc) is 2.39. The molecule has 7 heteroatoms. The monoisotopic (exact) mass is 550 g/mol. The second kappa shape index (κ2) is 4.75. The third kappa shape index (κ3) is 2.03. The fraction of sp³-hybridized carbons (Fsp3) is 1.00. The quantitative estimate of drug-likeness (QED) is 0.199. The minimum atomic E-state index is -3.07. The van der Waals surface area contributed by atoms with Crippen molar-refractivity contribution in [3.8, 4) is 0 Å². The van der Waals surface area contributed by atoms with Gasteiger partial charge >= 0.3 is 140 Å². The number of rotatable bonds is 4. The van der Waals surface area contributed by atoms with E-state index in [1.807, 2.05) is 0 Å². The van der Waals surface area contributed by atoms with Gasteiger partial charge in [-0.05, 0) is 0 Å². The van der Waals surface area contributed by atoms with Crippen LogP contribution in [-0.4, -0.2) is 37.4 Å². The van der Waals surface area contributed by atoms with E-state index in [1.165, 1.54) is 37.0 Å². The van der Waals surface area contributed by atoms with Crippen LogP contribution in [-0.2, 0) is 0 Å². The first kappa shape index (κ1) is 18.0. The van der Waals surface area contributed by atoms with Crippen LogP contribution in [0.5, 0.6) is 0 Å². The molecule has 0 atom stereocenters. The first-order valence-electron chi connectivity index (χ1n) is 6.43. The van der Waals surface area contributed by atoms with Gasteiger partial charge in [0.25, 0.3) is 0 Å². The van der Waals surface area contributed by atoms with Gasteiger partial charge in [0.05, 0.1) is 0 Å². The number of hydrogen-bond donors (Lipinski definition) is 0. The molecule has 0 saturated carbocycles. The summed E-state index contributed by atoms with van der Waals surface area (Å²) in [5.41, 5.74) is 0. The van der Waals surface area contributed by atoms with E-state index in [4.69, 9.17) is 0 Å². The molecule has 0 aromatic rings. The standard InChI is InChI=1S/C10H24Br4P2Si/c1-5-15(6-2)9-10-16(7-3,8-4)17(15,11,12,13)14/h5-10H2,1-4H3. The van der Waals surface area contributed by atoms with Crippen LogP contribution in [0.15, 0.2) is 0 Å². The molecule has 0 aliphatic carbocycles. The number of hydrogen-bond acceptors (Lipinski definition) is 0. The van der Waals surface area contributed by atoms with Crippen molar-refractivity contribution in [2.45, 2.75) is 27.7 Å². The maximum absolute atomic E-state index is 4.34. The summed E-state index contributed by atoms with van der Waals surface area (Å²) in [5.74, 6) is 0. The molecule has 0 amide bonds. The van der Waals surface area contributed by atoms with E-state index in [0.717, 1.165) is 0 Å². The predicted molar refractivity (Wildman–Crippen MR) is 107 cm³/mol. The summed E-state index contributed by atoms with van der Waals surface area (Å²) in [6.45, 7) is 7.53. The Labute approximate surface area is 138 Å². The molecule has 106 valence electrons. The zero-order chi connectivity index (χ0) is 13.7. The molecular weight excluding hydrogens is 530 g/mol. The summed E-state index contributed by atoms with van der Waals surface area (Å²) < 4.78 is -3.07. The molecule has 0 N–H and O–H groups in total. The van der Waals surface area contributed by atoms with Crippen molar-refractivity contribution < 1.29 is 0 Å². The zero-order valence-electron chi connectivity index (χ0n) is 11.1. The Balaban J connectivity index is 3.59. The molecule has 1 saturated heterocycles. The Hall–Kier alpha value is 3.00. The second-order valence-corrected chi connectivity index (χ2v) is 86.7. The molecule has 1 rings (SSSR count). The van der Waals surface area contributed by atoms with Crippen LogP contribution in [0.1, 0.15) is 27.7 Å². The molecule has 0 nitrogen and oxygen atoms in total. The predicted octanol–water partition coefficient (Wildman–Crippen LogP) is 7.03. The topological polar surface area (TPSA) is 0 Å². The van der Waals surface area contributed by atoms with Crippen LogP contribution < -0.4 is 0 Å². The molecule has 0 aromatic heterocycles. The summed E-state index contributed by atoms with van der Waals surface area (Å²) in [6, 6.07) is 0. The van der Waals surface area contributed by atoms with Gasteiger partial charge in [0, 0.05) is 0 Å². The summed E-state index contributed by atoms with van der Waals surface area (Å²) in [5, 5.41) is 0. The summed E-state index contributed by atoms with van der Waals surface area (Å²) in [7, 11) is 0. The second-order valence-electron chi connectivity index (χ2n) is 5.21. The normalized spacial score (nSPS) is 35.3. The summed E-state index contributed by atoms with van der Waals surface area (Å²) in [4.78, 5) is 0. The van der Waals surface area contributed by atoms with E-state index in [9.17, 15) is 0 Å². The van der Waals surface area contributed by atoms with Crippen molar-refractivity contribution in [3.63, 3.8) is 0 Å². The van der Waals surface area contributed by atoms with Crippen LogP contribution in [0, 0.1) is 0 Å². The van der Waals surface area contributed by atoms with Gasteiger partial charge in [-0.2, -0.15) is 0 Å². The fourth-order valence-electron chi connectivity index (χ4n) is 3.59. The van der Waals surface area contributed by atoms with E-state index >= 15 is 0 Å². The Morgan fingerprint density at radius 1 is 0.706 bits per heavy atom. The van der Waals surface area contributed by atoms with Gasteiger partial charge in [-0.15, -0.1) is 0 Å². The van der Waals surface area contributed by atoms with Crippen LogP contribution >= 0.6 is 74.8 Å². The van der Waals surface area contributed by atoms with E-state index in [0.29, 0.717) is 0 Å². The maximum atomic E-state index is 4.34. The third-order valence-corrected chi connectivity index (χ3v) is 94.4. The molecule has 1 aliphatic heterocycles. The van der Waals surface area contributed by atoms with Gasteiger partial charge in [-0.1, -0.05) is 0 Å². The molecule has 0 aromatic carbocycles. The molecule has 1 heterocycles. The number of halogens is 4. The zero-order valence-corrected chi connectivity index (χ0v) is 20.3. The fourth-order valence-corrected chi connectivity index (χ4v) is 91.5. The SMILES string of the molecule is CC[P+]1(CC)CC[P+](CC)(CC)[Si-2]1(Br)(Br)(Br)Br. The molecular formula is C10H24Br4P2Si. The van der Waals surface area contributed by atoms with Gasteiger partial charge in [0.15, 0.2) is 0 Å². The van der Waals surface area contributed by atoms with Gasteiger partial charge in [-0.3, -0.25) is 0 Å². The molecule has 17 heavy (non-hydrogen) atoms. The van der Waals surface area contributed by atoms with Crippen molar-refractivity contribution in [2.24, 2.45) is 0 Å². The Morgan fingerprint density at radius 2 is 0.941 bits per heavy atom. The van der Waals surface area contributed by atoms with Gasteiger partial charge in [-0.25, -0.2) is 0 Å². The van der Waals surface area contributed by atoms with Gasteiger partial charge < -0.3 is 0 Å². The molecule has 0 unspecified atom stereocenters. The molecule has 0 bridgehead atoms. The molecule has 1 fully saturated rings. The Bertz CT molecular complexity index is 290. The van der Waals surface area contributed by atoms with Crippen molar-refractivity contribution >= 4 is 75.2 Å². The van der Waals surface area contributed by atoms with Crippen molar-refractivity contribution in [1.82, 2.24) is 0 Å². The van der Waals surface area contributed by atoms with Crippen molar-refractivity contribution in [3.05, 3.63) is 0 Å². The van der Waals surface area contributed by atoms with E-state index in [-0.39, 0.29) is 0 Å². The van der Waals surface area contributed by atoms with Crippen LogP contribution in [0.2, 0.25) is 0 Å². The van der Waals surface area contributed by atoms with Gasteiger partial charge in [0.1, 0.15) is 0 Å². The molecule has 0 spiro atoms. The summed E-state index contributed by atoms with van der Waals surface area (Å²) >= 11 is 17.4. The van der Waals surface area contributed by atoms with E-state index in [1.54, 1.807) is 0 Å². The average molecular weight is 554 g/mol. The first-order chi connectivity index (χ1) is 7.49. The van der Waals surface area contributed by atoms with Crippen LogP contribution in [0.4, 0.5) is 0 Å². The first-order valence-corrected chi connectivity index (χ1v) is 24.8. The minimum absolute atomic E-state index is 1.02. The van der Waals surface area contributed by atoms with Crippen LogP contribution in [0.3, 0.4) is 0 Å².